The highest BCUT2D eigenvalue weighted by atomic mass is 16.1. The van der Waals surface area contributed by atoms with E-state index < -0.39 is 0 Å². The lowest BCUT2D eigenvalue weighted by Gasteiger charge is -2.06. The van der Waals surface area contributed by atoms with Gasteiger partial charge in [-0.25, -0.2) is 0 Å². The number of hydrogen-bond donors (Lipinski definition) is 0. The maximum Gasteiger partial charge on any atom is 0.213 e. The van der Waals surface area contributed by atoms with Gasteiger partial charge in [-0.2, -0.15) is 0 Å². The van der Waals surface area contributed by atoms with Crippen LogP contribution in [0.4, 0.5) is 0 Å². The summed E-state index contributed by atoms with van der Waals surface area (Å²) >= 11 is 0. The maximum atomic E-state index is 10.2. The lowest BCUT2D eigenvalue weighted by Crippen LogP contribution is -2.14. The van der Waals surface area contributed by atoms with E-state index in [9.17, 15) is 4.79 Å². The van der Waals surface area contributed by atoms with E-state index in [0.29, 0.717) is 0 Å². The molecule has 0 radical (unpaired) electrons. The van der Waals surface area contributed by atoms with Gasteiger partial charge in [-0.1, -0.05) is 12.2 Å². The zero-order valence-corrected chi connectivity index (χ0v) is 5.16. The fourth-order valence-electron chi connectivity index (χ4n) is 0.721. The molecule has 0 atom stereocenters. The Morgan fingerprint density at radius 1 is 1.44 bits per heavy atom. The van der Waals surface area contributed by atoms with Gasteiger partial charge >= 0.3 is 0 Å². The minimum Gasteiger partial charge on any atom is -0.321 e. The molecule has 0 saturated heterocycles. The average molecular weight is 123 g/mol. The number of rotatable bonds is 1. The summed E-state index contributed by atoms with van der Waals surface area (Å²) in [5.74, 6) is 0. The Kier molecular flexibility index (Phi) is 2.07. The first kappa shape index (κ1) is 6.08. The third-order valence-corrected chi connectivity index (χ3v) is 1.21. The Morgan fingerprint density at radius 3 is 3.11 bits per heavy atom. The van der Waals surface area contributed by atoms with E-state index >= 15 is 0 Å². The van der Waals surface area contributed by atoms with Gasteiger partial charge in [0.05, 0.1) is 0 Å². The highest BCUT2D eigenvalue weighted by Crippen LogP contribution is 1.96. The molecule has 0 aromatic heterocycles. The fourth-order valence-corrected chi connectivity index (χ4v) is 0.721. The van der Waals surface area contributed by atoms with Gasteiger partial charge in [-0.05, 0) is 12.5 Å². The SMILES string of the molecule is O=CN1C=CC=CCC1. The van der Waals surface area contributed by atoms with Gasteiger partial charge in [0.15, 0.2) is 0 Å². The second kappa shape index (κ2) is 3.07. The van der Waals surface area contributed by atoms with Crippen LogP contribution in [0.5, 0.6) is 0 Å². The molecule has 1 aliphatic heterocycles. The van der Waals surface area contributed by atoms with E-state index in [1.807, 2.05) is 18.2 Å². The first-order valence-corrected chi connectivity index (χ1v) is 2.98. The number of hydrogen-bond acceptors (Lipinski definition) is 1. The first-order valence-electron chi connectivity index (χ1n) is 2.98. The standard InChI is InChI=1S/C7H9NO/c9-7-8-5-3-1-2-4-6-8/h1-3,5,7H,4,6H2. The van der Waals surface area contributed by atoms with Crippen LogP contribution in [0.15, 0.2) is 24.4 Å². The molecular formula is C7H9NO. The van der Waals surface area contributed by atoms with Crippen molar-refractivity contribution in [3.05, 3.63) is 24.4 Å². The summed E-state index contributed by atoms with van der Waals surface area (Å²) in [7, 11) is 0. The summed E-state index contributed by atoms with van der Waals surface area (Å²) in [6, 6.07) is 0. The minimum absolute atomic E-state index is 0.802. The molecule has 2 nitrogen and oxygen atoms in total. The van der Waals surface area contributed by atoms with Crippen LogP contribution in [0.1, 0.15) is 6.42 Å². The molecule has 0 N–H and O–H groups in total. The van der Waals surface area contributed by atoms with Crippen molar-refractivity contribution in [1.82, 2.24) is 4.90 Å². The zero-order valence-electron chi connectivity index (χ0n) is 5.16. The fraction of sp³-hybridized carbons (Fsp3) is 0.286. The van der Waals surface area contributed by atoms with Crippen molar-refractivity contribution >= 4 is 6.41 Å². The molecule has 0 aliphatic carbocycles. The van der Waals surface area contributed by atoms with Gasteiger partial charge < -0.3 is 4.90 Å². The molecule has 1 rings (SSSR count). The second-order valence-electron chi connectivity index (χ2n) is 1.90. The highest BCUT2D eigenvalue weighted by molar-refractivity contribution is 5.49. The normalized spacial score (nSPS) is 17.6. The van der Waals surface area contributed by atoms with E-state index in [4.69, 9.17) is 0 Å². The second-order valence-corrected chi connectivity index (χ2v) is 1.90. The van der Waals surface area contributed by atoms with Crippen molar-refractivity contribution in [2.45, 2.75) is 6.42 Å². The van der Waals surface area contributed by atoms with Crippen molar-refractivity contribution in [2.75, 3.05) is 6.54 Å². The summed E-state index contributed by atoms with van der Waals surface area (Å²) in [5, 5.41) is 0. The lowest BCUT2D eigenvalue weighted by atomic mass is 10.4. The lowest BCUT2D eigenvalue weighted by molar-refractivity contribution is -0.115. The van der Waals surface area contributed by atoms with Gasteiger partial charge in [-0.15, -0.1) is 0 Å². The van der Waals surface area contributed by atoms with E-state index in [0.717, 1.165) is 19.4 Å². The Labute approximate surface area is 54.5 Å². The van der Waals surface area contributed by atoms with Crippen LogP contribution in [-0.4, -0.2) is 17.9 Å². The van der Waals surface area contributed by atoms with Crippen LogP contribution in [0.3, 0.4) is 0 Å². The molecule has 2 heteroatoms. The summed E-state index contributed by atoms with van der Waals surface area (Å²) in [4.78, 5) is 11.8. The third kappa shape index (κ3) is 1.72. The Morgan fingerprint density at radius 2 is 2.33 bits per heavy atom. The number of amides is 1. The van der Waals surface area contributed by atoms with E-state index in [1.54, 1.807) is 11.1 Å². The van der Waals surface area contributed by atoms with Crippen molar-refractivity contribution < 1.29 is 4.79 Å². The maximum absolute atomic E-state index is 10.2. The molecule has 9 heavy (non-hydrogen) atoms. The van der Waals surface area contributed by atoms with Crippen LogP contribution in [0, 0.1) is 0 Å². The Bertz CT molecular complexity index is 149. The molecule has 1 heterocycles. The van der Waals surface area contributed by atoms with Gasteiger partial charge in [0.2, 0.25) is 6.41 Å². The number of allylic oxidation sites excluding steroid dienone is 2. The van der Waals surface area contributed by atoms with Crippen LogP contribution in [-0.2, 0) is 4.79 Å². The predicted octanol–water partition coefficient (Wildman–Crippen LogP) is 0.918. The van der Waals surface area contributed by atoms with E-state index in [2.05, 4.69) is 0 Å². The summed E-state index contributed by atoms with van der Waals surface area (Å²) < 4.78 is 0. The van der Waals surface area contributed by atoms with Crippen molar-refractivity contribution in [3.63, 3.8) is 0 Å². The molecule has 1 amide bonds. The van der Waals surface area contributed by atoms with Gasteiger partial charge in [0, 0.05) is 12.7 Å². The van der Waals surface area contributed by atoms with Crippen LogP contribution in [0.2, 0.25) is 0 Å². The van der Waals surface area contributed by atoms with Crippen LogP contribution < -0.4 is 0 Å². The van der Waals surface area contributed by atoms with Crippen molar-refractivity contribution in [3.8, 4) is 0 Å². The van der Waals surface area contributed by atoms with Crippen LogP contribution >= 0.6 is 0 Å². The molecule has 0 bridgehead atoms. The van der Waals surface area contributed by atoms with E-state index in [-0.39, 0.29) is 0 Å². The number of carbonyl (C=O) groups is 1. The van der Waals surface area contributed by atoms with Gasteiger partial charge in [-0.3, -0.25) is 4.79 Å². The molecule has 0 fully saturated rings. The quantitative estimate of drug-likeness (QED) is 0.475. The predicted molar refractivity (Wildman–Crippen MR) is 35.7 cm³/mol. The number of carbonyl (C=O) groups excluding carboxylic acids is 1. The molecule has 0 unspecified atom stereocenters. The molecular weight excluding hydrogens is 114 g/mol. The molecule has 0 aromatic rings. The smallest absolute Gasteiger partial charge is 0.213 e. The monoisotopic (exact) mass is 123 g/mol. The first-order chi connectivity index (χ1) is 4.43. The molecule has 0 aromatic carbocycles. The van der Waals surface area contributed by atoms with Crippen molar-refractivity contribution in [1.29, 1.82) is 0 Å². The third-order valence-electron chi connectivity index (χ3n) is 1.21. The molecule has 48 valence electrons. The van der Waals surface area contributed by atoms with E-state index in [1.165, 1.54) is 0 Å². The molecule has 0 spiro atoms. The Balaban J connectivity index is 2.50. The Hall–Kier alpha value is -1.05. The van der Waals surface area contributed by atoms with Crippen molar-refractivity contribution in [2.24, 2.45) is 0 Å². The van der Waals surface area contributed by atoms with Gasteiger partial charge in [0.25, 0.3) is 0 Å². The summed E-state index contributed by atoms with van der Waals surface area (Å²) in [6.07, 6.45) is 9.41. The molecule has 0 saturated carbocycles. The topological polar surface area (TPSA) is 20.3 Å². The number of nitrogens with zero attached hydrogens (tertiary/aromatic N) is 1. The summed E-state index contributed by atoms with van der Waals surface area (Å²) in [5.41, 5.74) is 0. The minimum atomic E-state index is 0.802. The van der Waals surface area contributed by atoms with Gasteiger partial charge in [0.1, 0.15) is 0 Å². The largest absolute Gasteiger partial charge is 0.321 e. The van der Waals surface area contributed by atoms with Crippen LogP contribution in [0.25, 0.3) is 0 Å². The average Bonchev–Trinajstić information content (AvgIpc) is 2.13. The molecule has 1 aliphatic rings. The zero-order chi connectivity index (χ0) is 6.53. The summed E-state index contributed by atoms with van der Waals surface area (Å²) in [6.45, 7) is 0.802. The highest BCUT2D eigenvalue weighted by Gasteiger charge is 1.94.